The molecule has 80 valence electrons. The van der Waals surface area contributed by atoms with Crippen LogP contribution in [0.3, 0.4) is 0 Å². The Morgan fingerprint density at radius 2 is 2.57 bits per heavy atom. The van der Waals surface area contributed by atoms with E-state index in [1.807, 2.05) is 6.92 Å². The summed E-state index contributed by atoms with van der Waals surface area (Å²) in [5.74, 6) is -0.118. The van der Waals surface area contributed by atoms with Crippen molar-refractivity contribution in [3.05, 3.63) is 12.7 Å². The van der Waals surface area contributed by atoms with Crippen molar-refractivity contribution in [2.75, 3.05) is 6.61 Å². The molecule has 0 radical (unpaired) electrons. The first kappa shape index (κ1) is 11.2. The van der Waals surface area contributed by atoms with Crippen LogP contribution >= 0.6 is 0 Å². The van der Waals surface area contributed by atoms with E-state index < -0.39 is 6.04 Å². The maximum absolute atomic E-state index is 11.5. The quantitative estimate of drug-likeness (QED) is 0.633. The minimum atomic E-state index is -0.486. The molecule has 0 aromatic carbocycles. The highest BCUT2D eigenvalue weighted by molar-refractivity contribution is 5.82. The lowest BCUT2D eigenvalue weighted by atomic mass is 10.1. The largest absolute Gasteiger partial charge is 0.376 e. The molecule has 0 aliphatic carbocycles. The lowest BCUT2D eigenvalue weighted by molar-refractivity contribution is -0.123. The monoisotopic (exact) mass is 198 g/mol. The lowest BCUT2D eigenvalue weighted by Crippen LogP contribution is -2.47. The molecule has 3 atom stereocenters. The molecule has 1 saturated heterocycles. The molecule has 1 aliphatic heterocycles. The highest BCUT2D eigenvalue weighted by Gasteiger charge is 2.26. The molecule has 1 aliphatic rings. The van der Waals surface area contributed by atoms with Gasteiger partial charge in [-0.25, -0.2) is 0 Å². The summed E-state index contributed by atoms with van der Waals surface area (Å²) in [6.45, 7) is 6.21. The van der Waals surface area contributed by atoms with Gasteiger partial charge in [-0.2, -0.15) is 0 Å². The third kappa shape index (κ3) is 2.82. The molecule has 3 N–H and O–H groups in total. The van der Waals surface area contributed by atoms with Gasteiger partial charge in [-0.3, -0.25) is 4.79 Å². The van der Waals surface area contributed by atoms with Gasteiger partial charge in [-0.05, 0) is 19.8 Å². The predicted molar refractivity (Wildman–Crippen MR) is 54.8 cm³/mol. The van der Waals surface area contributed by atoms with Crippen molar-refractivity contribution in [1.29, 1.82) is 0 Å². The van der Waals surface area contributed by atoms with Crippen molar-refractivity contribution in [3.63, 3.8) is 0 Å². The molecular weight excluding hydrogens is 180 g/mol. The fraction of sp³-hybridized carbons (Fsp3) is 0.700. The zero-order valence-corrected chi connectivity index (χ0v) is 8.53. The Hall–Kier alpha value is -0.870. The second kappa shape index (κ2) is 5.12. The van der Waals surface area contributed by atoms with Crippen LogP contribution in [-0.4, -0.2) is 30.7 Å². The van der Waals surface area contributed by atoms with Crippen LogP contribution in [0.2, 0.25) is 0 Å². The molecule has 0 aromatic heterocycles. The van der Waals surface area contributed by atoms with E-state index in [9.17, 15) is 4.79 Å². The Morgan fingerprint density at radius 3 is 3.07 bits per heavy atom. The summed E-state index contributed by atoms with van der Waals surface area (Å²) in [6, 6.07) is -0.376. The fourth-order valence-electron chi connectivity index (χ4n) is 1.50. The van der Waals surface area contributed by atoms with Crippen molar-refractivity contribution in [3.8, 4) is 0 Å². The number of nitrogens with two attached hydrogens (primary N) is 1. The average Bonchev–Trinajstić information content (AvgIpc) is 2.52. The van der Waals surface area contributed by atoms with Crippen LogP contribution in [0.25, 0.3) is 0 Å². The smallest absolute Gasteiger partial charge is 0.237 e. The normalized spacial score (nSPS) is 28.4. The Kier molecular flexibility index (Phi) is 4.10. The Morgan fingerprint density at radius 1 is 1.86 bits per heavy atom. The number of nitrogens with one attached hydrogen (secondary N) is 1. The van der Waals surface area contributed by atoms with Gasteiger partial charge in [0, 0.05) is 6.61 Å². The summed E-state index contributed by atoms with van der Waals surface area (Å²) in [5.41, 5.74) is 5.63. The summed E-state index contributed by atoms with van der Waals surface area (Å²) in [7, 11) is 0. The van der Waals surface area contributed by atoms with Crippen molar-refractivity contribution < 1.29 is 9.53 Å². The number of rotatable bonds is 4. The number of hydrogen-bond donors (Lipinski definition) is 2. The third-order valence-corrected chi connectivity index (χ3v) is 2.46. The third-order valence-electron chi connectivity index (χ3n) is 2.46. The van der Waals surface area contributed by atoms with Gasteiger partial charge >= 0.3 is 0 Å². The molecule has 1 heterocycles. The highest BCUT2D eigenvalue weighted by atomic mass is 16.5. The molecule has 0 aromatic rings. The zero-order valence-electron chi connectivity index (χ0n) is 8.53. The van der Waals surface area contributed by atoms with Crippen LogP contribution in [0.4, 0.5) is 0 Å². The van der Waals surface area contributed by atoms with E-state index in [0.29, 0.717) is 13.0 Å². The maximum atomic E-state index is 11.5. The fourth-order valence-corrected chi connectivity index (χ4v) is 1.50. The van der Waals surface area contributed by atoms with E-state index >= 15 is 0 Å². The second-order valence-corrected chi connectivity index (χ2v) is 3.61. The van der Waals surface area contributed by atoms with Gasteiger partial charge in [0.25, 0.3) is 0 Å². The van der Waals surface area contributed by atoms with Crippen molar-refractivity contribution >= 4 is 5.91 Å². The summed E-state index contributed by atoms with van der Waals surface area (Å²) < 4.78 is 5.33. The highest BCUT2D eigenvalue weighted by Crippen LogP contribution is 2.12. The summed E-state index contributed by atoms with van der Waals surface area (Å²) in [5, 5.41) is 2.88. The molecule has 1 amide bonds. The Labute approximate surface area is 84.5 Å². The number of carbonyl (C=O) groups excluding carboxylic acids is 1. The Balaban J connectivity index is 2.35. The molecule has 0 saturated carbocycles. The lowest BCUT2D eigenvalue weighted by Gasteiger charge is -2.18. The van der Waals surface area contributed by atoms with Gasteiger partial charge < -0.3 is 15.8 Å². The van der Waals surface area contributed by atoms with Gasteiger partial charge in [0.1, 0.15) is 0 Å². The van der Waals surface area contributed by atoms with Crippen LogP contribution in [0, 0.1) is 0 Å². The van der Waals surface area contributed by atoms with E-state index in [1.165, 1.54) is 0 Å². The maximum Gasteiger partial charge on any atom is 0.237 e. The first-order valence-electron chi connectivity index (χ1n) is 4.93. The Bertz CT molecular complexity index is 218. The first-order valence-corrected chi connectivity index (χ1v) is 4.93. The molecule has 14 heavy (non-hydrogen) atoms. The molecule has 1 fully saturated rings. The number of amides is 1. The predicted octanol–water partition coefficient (Wildman–Crippen LogP) is 0.183. The molecule has 4 nitrogen and oxygen atoms in total. The average molecular weight is 198 g/mol. The first-order chi connectivity index (χ1) is 6.65. The summed E-state index contributed by atoms with van der Waals surface area (Å²) >= 11 is 0. The minimum absolute atomic E-state index is 0.0925. The van der Waals surface area contributed by atoms with Crippen LogP contribution in [0.15, 0.2) is 12.7 Å². The minimum Gasteiger partial charge on any atom is -0.376 e. The van der Waals surface area contributed by atoms with Gasteiger partial charge in [0.2, 0.25) is 5.91 Å². The topological polar surface area (TPSA) is 64.4 Å². The second-order valence-electron chi connectivity index (χ2n) is 3.61. The van der Waals surface area contributed by atoms with Crippen molar-refractivity contribution in [2.45, 2.75) is 38.0 Å². The molecule has 4 heteroatoms. The van der Waals surface area contributed by atoms with E-state index in [1.54, 1.807) is 6.08 Å². The van der Waals surface area contributed by atoms with Crippen molar-refractivity contribution in [1.82, 2.24) is 5.32 Å². The van der Waals surface area contributed by atoms with E-state index in [0.717, 1.165) is 6.42 Å². The van der Waals surface area contributed by atoms with Crippen LogP contribution < -0.4 is 11.1 Å². The standard InChI is InChI=1S/C10H18N2O2/c1-3-4-8(11)10(13)12-9-5-6-14-7(9)2/h3,7-9H,1,4-6,11H2,2H3,(H,12,13). The zero-order chi connectivity index (χ0) is 10.6. The van der Waals surface area contributed by atoms with Gasteiger partial charge in [0.05, 0.1) is 18.2 Å². The number of hydrogen-bond acceptors (Lipinski definition) is 3. The van der Waals surface area contributed by atoms with Crippen LogP contribution in [0.1, 0.15) is 19.8 Å². The number of carbonyl (C=O) groups is 1. The van der Waals surface area contributed by atoms with Gasteiger partial charge in [-0.1, -0.05) is 6.08 Å². The van der Waals surface area contributed by atoms with Crippen LogP contribution in [0.5, 0.6) is 0 Å². The van der Waals surface area contributed by atoms with Crippen molar-refractivity contribution in [2.24, 2.45) is 5.73 Å². The molecule has 3 unspecified atom stereocenters. The van der Waals surface area contributed by atoms with Gasteiger partial charge in [-0.15, -0.1) is 6.58 Å². The summed E-state index contributed by atoms with van der Waals surface area (Å²) in [4.78, 5) is 11.5. The molecule has 0 spiro atoms. The van der Waals surface area contributed by atoms with Crippen LogP contribution in [-0.2, 0) is 9.53 Å². The van der Waals surface area contributed by atoms with E-state index in [-0.39, 0.29) is 18.1 Å². The van der Waals surface area contributed by atoms with E-state index in [2.05, 4.69) is 11.9 Å². The molecular formula is C10H18N2O2. The molecule has 0 bridgehead atoms. The molecule has 1 rings (SSSR count). The van der Waals surface area contributed by atoms with Gasteiger partial charge in [0.15, 0.2) is 0 Å². The SMILES string of the molecule is C=CCC(N)C(=O)NC1CCOC1C. The summed E-state index contributed by atoms with van der Waals surface area (Å²) in [6.07, 6.45) is 3.12. The number of ether oxygens (including phenoxy) is 1. The van der Waals surface area contributed by atoms with E-state index in [4.69, 9.17) is 10.5 Å².